The number of hydrogen-bond acceptors (Lipinski definition) is 5. The molecule has 0 bridgehead atoms. The number of nitrogens with zero attached hydrogens (tertiary/aromatic N) is 2. The van der Waals surface area contributed by atoms with Crippen LogP contribution in [0, 0.1) is 0 Å². The molecular weight excluding hydrogens is 273 g/mol. The third kappa shape index (κ3) is 3.70. The van der Waals surface area contributed by atoms with Gasteiger partial charge in [-0.1, -0.05) is 17.2 Å². The Morgan fingerprint density at radius 2 is 1.85 bits per heavy atom. The number of anilines is 1. The van der Waals surface area contributed by atoms with Crippen molar-refractivity contribution < 1.29 is 17.6 Å². The van der Waals surface area contributed by atoms with E-state index in [1.165, 1.54) is 12.1 Å². The minimum atomic E-state index is -4.32. The SMILES string of the molecule is NCCc1nnc(NCc2ccc(C(F)(F)F)cc2)o1. The average Bonchev–Trinajstić information content (AvgIpc) is 2.84. The summed E-state index contributed by atoms with van der Waals surface area (Å²) in [6, 6.07) is 5.07. The first-order valence-electron chi connectivity index (χ1n) is 5.91. The predicted molar refractivity (Wildman–Crippen MR) is 65.8 cm³/mol. The molecule has 2 rings (SSSR count). The summed E-state index contributed by atoms with van der Waals surface area (Å²) in [5.41, 5.74) is 5.34. The molecule has 0 unspecified atom stereocenters. The maximum Gasteiger partial charge on any atom is 0.416 e. The van der Waals surface area contributed by atoms with E-state index in [9.17, 15) is 13.2 Å². The van der Waals surface area contributed by atoms with E-state index in [1.807, 2.05) is 0 Å². The summed E-state index contributed by atoms with van der Waals surface area (Å²) in [6.45, 7) is 0.697. The Balaban J connectivity index is 1.93. The molecular formula is C12H13F3N4O. The van der Waals surface area contributed by atoms with Crippen LogP contribution in [0.25, 0.3) is 0 Å². The van der Waals surface area contributed by atoms with Crippen LogP contribution < -0.4 is 11.1 Å². The molecule has 0 saturated carbocycles. The fourth-order valence-electron chi connectivity index (χ4n) is 1.54. The highest BCUT2D eigenvalue weighted by Gasteiger charge is 2.29. The molecule has 3 N–H and O–H groups in total. The molecule has 108 valence electrons. The van der Waals surface area contributed by atoms with Gasteiger partial charge < -0.3 is 15.5 Å². The van der Waals surface area contributed by atoms with E-state index in [0.717, 1.165) is 12.1 Å². The maximum atomic E-state index is 12.4. The summed E-state index contributed by atoms with van der Waals surface area (Å²) in [7, 11) is 0. The van der Waals surface area contributed by atoms with Crippen molar-refractivity contribution in [2.75, 3.05) is 11.9 Å². The van der Waals surface area contributed by atoms with E-state index in [-0.39, 0.29) is 6.01 Å². The molecule has 1 aromatic heterocycles. The molecule has 0 aliphatic rings. The smallest absolute Gasteiger partial charge is 0.408 e. The van der Waals surface area contributed by atoms with Gasteiger partial charge in [0.05, 0.1) is 5.56 Å². The molecule has 1 heterocycles. The van der Waals surface area contributed by atoms with Gasteiger partial charge in [-0.05, 0) is 17.7 Å². The van der Waals surface area contributed by atoms with Gasteiger partial charge in [0.25, 0.3) is 0 Å². The van der Waals surface area contributed by atoms with Crippen molar-refractivity contribution in [1.29, 1.82) is 0 Å². The molecule has 8 heteroatoms. The molecule has 0 amide bonds. The molecule has 1 aromatic carbocycles. The van der Waals surface area contributed by atoms with Gasteiger partial charge in [0.1, 0.15) is 0 Å². The quantitative estimate of drug-likeness (QED) is 0.881. The highest BCUT2D eigenvalue weighted by Crippen LogP contribution is 2.29. The summed E-state index contributed by atoms with van der Waals surface area (Å²) in [5, 5.41) is 10.3. The lowest BCUT2D eigenvalue weighted by atomic mass is 10.1. The summed E-state index contributed by atoms with van der Waals surface area (Å²) >= 11 is 0. The second kappa shape index (κ2) is 5.91. The monoisotopic (exact) mass is 286 g/mol. The Labute approximate surface area is 113 Å². The number of nitrogens with one attached hydrogen (secondary N) is 1. The highest BCUT2D eigenvalue weighted by molar-refractivity contribution is 5.28. The van der Waals surface area contributed by atoms with Crippen LogP contribution >= 0.6 is 0 Å². The van der Waals surface area contributed by atoms with Crippen molar-refractivity contribution in [2.45, 2.75) is 19.1 Å². The average molecular weight is 286 g/mol. The van der Waals surface area contributed by atoms with Crippen LogP contribution in [0.3, 0.4) is 0 Å². The summed E-state index contributed by atoms with van der Waals surface area (Å²) < 4.78 is 42.4. The van der Waals surface area contributed by atoms with Crippen LogP contribution in [0.1, 0.15) is 17.0 Å². The van der Waals surface area contributed by atoms with Crippen LogP contribution in [-0.4, -0.2) is 16.7 Å². The lowest BCUT2D eigenvalue weighted by Crippen LogP contribution is -2.05. The van der Waals surface area contributed by atoms with Crippen LogP contribution in [0.4, 0.5) is 19.2 Å². The van der Waals surface area contributed by atoms with Crippen LogP contribution in [0.2, 0.25) is 0 Å². The molecule has 0 atom stereocenters. The summed E-state index contributed by atoms with van der Waals surface area (Å²) in [4.78, 5) is 0. The lowest BCUT2D eigenvalue weighted by Gasteiger charge is -2.07. The van der Waals surface area contributed by atoms with Crippen molar-refractivity contribution in [2.24, 2.45) is 5.73 Å². The zero-order valence-electron chi connectivity index (χ0n) is 10.4. The third-order valence-corrected chi connectivity index (χ3v) is 2.55. The lowest BCUT2D eigenvalue weighted by molar-refractivity contribution is -0.137. The van der Waals surface area contributed by atoms with Crippen LogP contribution in [0.15, 0.2) is 28.7 Å². The third-order valence-electron chi connectivity index (χ3n) is 2.55. The largest absolute Gasteiger partial charge is 0.416 e. The van der Waals surface area contributed by atoms with Crippen molar-refractivity contribution in [3.8, 4) is 0 Å². The number of benzene rings is 1. The van der Waals surface area contributed by atoms with Gasteiger partial charge in [0, 0.05) is 19.5 Å². The van der Waals surface area contributed by atoms with Gasteiger partial charge in [0.15, 0.2) is 0 Å². The van der Waals surface area contributed by atoms with E-state index in [1.54, 1.807) is 0 Å². The zero-order valence-corrected chi connectivity index (χ0v) is 10.4. The number of halogens is 3. The number of rotatable bonds is 5. The topological polar surface area (TPSA) is 77.0 Å². The van der Waals surface area contributed by atoms with E-state index in [2.05, 4.69) is 15.5 Å². The molecule has 0 aliphatic carbocycles. The Morgan fingerprint density at radius 1 is 1.15 bits per heavy atom. The Kier molecular flexibility index (Phi) is 4.23. The van der Waals surface area contributed by atoms with E-state index in [0.29, 0.717) is 31.0 Å². The molecule has 0 saturated heterocycles. The molecule has 5 nitrogen and oxygen atoms in total. The summed E-state index contributed by atoms with van der Waals surface area (Å²) in [6.07, 6.45) is -3.84. The van der Waals surface area contributed by atoms with Gasteiger partial charge >= 0.3 is 12.2 Å². The van der Waals surface area contributed by atoms with Crippen molar-refractivity contribution in [3.05, 3.63) is 41.3 Å². The Hall–Kier alpha value is -2.09. The number of aromatic nitrogens is 2. The van der Waals surface area contributed by atoms with Gasteiger partial charge in [-0.3, -0.25) is 0 Å². The zero-order chi connectivity index (χ0) is 14.6. The maximum absolute atomic E-state index is 12.4. The highest BCUT2D eigenvalue weighted by atomic mass is 19.4. The standard InChI is InChI=1S/C12H13F3N4O/c13-12(14,15)9-3-1-8(2-4-9)7-17-11-19-18-10(20-11)5-6-16/h1-4H,5-7,16H2,(H,17,19). The first-order chi connectivity index (χ1) is 9.49. The fourth-order valence-corrected chi connectivity index (χ4v) is 1.54. The molecule has 0 aliphatic heterocycles. The molecule has 20 heavy (non-hydrogen) atoms. The minimum absolute atomic E-state index is 0.216. The second-order valence-electron chi connectivity index (χ2n) is 4.09. The van der Waals surface area contributed by atoms with Crippen molar-refractivity contribution in [3.63, 3.8) is 0 Å². The fraction of sp³-hybridized carbons (Fsp3) is 0.333. The van der Waals surface area contributed by atoms with E-state index in [4.69, 9.17) is 10.2 Å². The minimum Gasteiger partial charge on any atom is -0.408 e. The molecule has 0 radical (unpaired) electrons. The number of nitrogens with two attached hydrogens (primary N) is 1. The van der Waals surface area contributed by atoms with Gasteiger partial charge in [-0.2, -0.15) is 13.2 Å². The number of hydrogen-bond donors (Lipinski definition) is 2. The van der Waals surface area contributed by atoms with Crippen molar-refractivity contribution >= 4 is 6.01 Å². The normalized spacial score (nSPS) is 11.6. The van der Waals surface area contributed by atoms with Gasteiger partial charge in [-0.25, -0.2) is 0 Å². The van der Waals surface area contributed by atoms with E-state index < -0.39 is 11.7 Å². The molecule has 2 aromatic rings. The van der Waals surface area contributed by atoms with E-state index >= 15 is 0 Å². The second-order valence-corrected chi connectivity index (χ2v) is 4.09. The van der Waals surface area contributed by atoms with Gasteiger partial charge in [0.2, 0.25) is 5.89 Å². The first-order valence-corrected chi connectivity index (χ1v) is 5.91. The summed E-state index contributed by atoms with van der Waals surface area (Å²) in [5.74, 6) is 0.419. The first kappa shape index (κ1) is 14.3. The molecule has 0 spiro atoms. The number of alkyl halides is 3. The Bertz CT molecular complexity index is 551. The Morgan fingerprint density at radius 3 is 2.45 bits per heavy atom. The van der Waals surface area contributed by atoms with Crippen LogP contribution in [0.5, 0.6) is 0 Å². The molecule has 0 fully saturated rings. The van der Waals surface area contributed by atoms with Crippen molar-refractivity contribution in [1.82, 2.24) is 10.2 Å². The van der Waals surface area contributed by atoms with Crippen LogP contribution in [-0.2, 0) is 19.1 Å². The van der Waals surface area contributed by atoms with Gasteiger partial charge in [-0.15, -0.1) is 5.10 Å². The predicted octanol–water partition coefficient (Wildman–Crippen LogP) is 2.20.